The van der Waals surface area contributed by atoms with Gasteiger partial charge < -0.3 is 0 Å². The maximum atomic E-state index is 4.56. The van der Waals surface area contributed by atoms with Crippen LogP contribution in [0.15, 0.2) is 42.5 Å². The maximum absolute atomic E-state index is 4.56. The molecule has 2 rings (SSSR count). The van der Waals surface area contributed by atoms with Crippen molar-refractivity contribution in [1.82, 2.24) is 4.90 Å². The molecule has 0 aliphatic heterocycles. The summed E-state index contributed by atoms with van der Waals surface area (Å²) in [6.45, 7) is 12.3. The molecular formula is C20H31N. The van der Waals surface area contributed by atoms with Gasteiger partial charge in [0.25, 0.3) is 0 Å². The van der Waals surface area contributed by atoms with Gasteiger partial charge in [0.05, 0.1) is 0 Å². The second-order valence-corrected chi connectivity index (χ2v) is 6.43. The normalized spacial score (nSPS) is 18.4. The summed E-state index contributed by atoms with van der Waals surface area (Å²) < 4.78 is 0. The predicted molar refractivity (Wildman–Crippen MR) is 92.8 cm³/mol. The fourth-order valence-electron chi connectivity index (χ4n) is 3.80. The van der Waals surface area contributed by atoms with Crippen molar-refractivity contribution in [3.05, 3.63) is 48.0 Å². The molecule has 1 aromatic carbocycles. The molecule has 116 valence electrons. The van der Waals surface area contributed by atoms with Crippen LogP contribution >= 0.6 is 0 Å². The Balaban J connectivity index is 2.29. The lowest BCUT2D eigenvalue weighted by molar-refractivity contribution is 0.300. The summed E-state index contributed by atoms with van der Waals surface area (Å²) in [5, 5.41) is 0. The zero-order valence-corrected chi connectivity index (χ0v) is 13.9. The molecule has 0 amide bonds. The predicted octanol–water partition coefficient (Wildman–Crippen LogP) is 5.18. The van der Waals surface area contributed by atoms with E-state index in [1.165, 1.54) is 49.7 Å². The minimum atomic E-state index is 0.209. The molecule has 0 radical (unpaired) electrons. The molecular weight excluding hydrogens is 254 g/mol. The third kappa shape index (κ3) is 3.77. The SMILES string of the molecule is C=C(CN(CC)CC)C1(c2ccccc2)CCCCCC1. The molecule has 1 nitrogen and oxygen atoms in total. The van der Waals surface area contributed by atoms with Crippen LogP contribution in [-0.2, 0) is 5.41 Å². The van der Waals surface area contributed by atoms with Crippen LogP contribution in [0.4, 0.5) is 0 Å². The third-order valence-corrected chi connectivity index (χ3v) is 5.27. The van der Waals surface area contributed by atoms with E-state index in [0.29, 0.717) is 0 Å². The highest BCUT2D eigenvalue weighted by Gasteiger charge is 2.35. The van der Waals surface area contributed by atoms with Crippen molar-refractivity contribution in [2.24, 2.45) is 0 Å². The van der Waals surface area contributed by atoms with Gasteiger partial charge >= 0.3 is 0 Å². The maximum Gasteiger partial charge on any atom is 0.0198 e. The fraction of sp³-hybridized carbons (Fsp3) is 0.600. The van der Waals surface area contributed by atoms with Crippen LogP contribution in [0.1, 0.15) is 57.9 Å². The standard InChI is InChI=1S/C20H31N/c1-4-21(5-2)17-18(3)20(15-11-6-7-12-16-20)19-13-9-8-10-14-19/h8-10,13-14H,3-7,11-12,15-17H2,1-2H3. The molecule has 21 heavy (non-hydrogen) atoms. The van der Waals surface area contributed by atoms with Crippen molar-refractivity contribution in [3.8, 4) is 0 Å². The van der Waals surface area contributed by atoms with Crippen LogP contribution in [0.25, 0.3) is 0 Å². The number of hydrogen-bond acceptors (Lipinski definition) is 1. The lowest BCUT2D eigenvalue weighted by Crippen LogP contribution is -2.35. The molecule has 0 atom stereocenters. The van der Waals surface area contributed by atoms with Gasteiger partial charge in [-0.3, -0.25) is 4.90 Å². The molecule has 0 unspecified atom stereocenters. The van der Waals surface area contributed by atoms with E-state index >= 15 is 0 Å². The first-order valence-corrected chi connectivity index (χ1v) is 8.69. The molecule has 1 aliphatic carbocycles. The fourth-order valence-corrected chi connectivity index (χ4v) is 3.80. The molecule has 1 saturated carbocycles. The number of nitrogens with zero attached hydrogens (tertiary/aromatic N) is 1. The first-order valence-electron chi connectivity index (χ1n) is 8.69. The largest absolute Gasteiger partial charge is 0.300 e. The van der Waals surface area contributed by atoms with Crippen LogP contribution in [0.3, 0.4) is 0 Å². The molecule has 0 bridgehead atoms. The van der Waals surface area contributed by atoms with Gasteiger partial charge in [0.15, 0.2) is 0 Å². The topological polar surface area (TPSA) is 3.24 Å². The molecule has 0 aromatic heterocycles. The number of rotatable bonds is 6. The summed E-state index contributed by atoms with van der Waals surface area (Å²) in [6.07, 6.45) is 7.99. The Bertz CT molecular complexity index is 422. The van der Waals surface area contributed by atoms with Crippen LogP contribution in [0.5, 0.6) is 0 Å². The Kier molecular flexibility index (Phi) is 6.05. The lowest BCUT2D eigenvalue weighted by atomic mass is 9.69. The van der Waals surface area contributed by atoms with Crippen molar-refractivity contribution in [2.75, 3.05) is 19.6 Å². The summed E-state index contributed by atoms with van der Waals surface area (Å²) in [4.78, 5) is 2.50. The average Bonchev–Trinajstić information content (AvgIpc) is 2.80. The molecule has 0 N–H and O–H groups in total. The van der Waals surface area contributed by atoms with Crippen molar-refractivity contribution in [1.29, 1.82) is 0 Å². The van der Waals surface area contributed by atoms with E-state index in [9.17, 15) is 0 Å². The average molecular weight is 285 g/mol. The van der Waals surface area contributed by atoms with E-state index in [2.05, 4.69) is 55.7 Å². The number of likely N-dealkylation sites (N-methyl/N-ethyl adjacent to an activating group) is 1. The highest BCUT2D eigenvalue weighted by molar-refractivity contribution is 5.36. The Hall–Kier alpha value is -1.08. The molecule has 0 heterocycles. The van der Waals surface area contributed by atoms with E-state index < -0.39 is 0 Å². The highest BCUT2D eigenvalue weighted by atomic mass is 15.1. The molecule has 0 saturated heterocycles. The van der Waals surface area contributed by atoms with E-state index in [-0.39, 0.29) is 5.41 Å². The van der Waals surface area contributed by atoms with Crippen molar-refractivity contribution < 1.29 is 0 Å². The second kappa shape index (κ2) is 7.79. The van der Waals surface area contributed by atoms with Gasteiger partial charge in [-0.25, -0.2) is 0 Å². The van der Waals surface area contributed by atoms with E-state index in [0.717, 1.165) is 19.6 Å². The molecule has 0 spiro atoms. The van der Waals surface area contributed by atoms with Gasteiger partial charge in [0, 0.05) is 12.0 Å². The molecule has 1 heteroatoms. The smallest absolute Gasteiger partial charge is 0.0198 e. The minimum Gasteiger partial charge on any atom is -0.300 e. The van der Waals surface area contributed by atoms with Crippen LogP contribution in [0, 0.1) is 0 Å². The quantitative estimate of drug-likeness (QED) is 0.514. The number of benzene rings is 1. The van der Waals surface area contributed by atoms with Gasteiger partial charge in [0.1, 0.15) is 0 Å². The van der Waals surface area contributed by atoms with Gasteiger partial charge in [-0.2, -0.15) is 0 Å². The van der Waals surface area contributed by atoms with Crippen molar-refractivity contribution in [2.45, 2.75) is 57.8 Å². The monoisotopic (exact) mass is 285 g/mol. The zero-order valence-electron chi connectivity index (χ0n) is 13.9. The third-order valence-electron chi connectivity index (χ3n) is 5.27. The Morgan fingerprint density at radius 1 is 1.00 bits per heavy atom. The van der Waals surface area contributed by atoms with E-state index in [1.807, 2.05) is 0 Å². The van der Waals surface area contributed by atoms with E-state index in [4.69, 9.17) is 0 Å². The molecule has 1 fully saturated rings. The van der Waals surface area contributed by atoms with Gasteiger partial charge in [-0.15, -0.1) is 0 Å². The van der Waals surface area contributed by atoms with Gasteiger partial charge in [0.2, 0.25) is 0 Å². The van der Waals surface area contributed by atoms with Crippen molar-refractivity contribution >= 4 is 0 Å². The Morgan fingerprint density at radius 3 is 2.10 bits per heavy atom. The summed E-state index contributed by atoms with van der Waals surface area (Å²) >= 11 is 0. The second-order valence-electron chi connectivity index (χ2n) is 6.43. The molecule has 1 aliphatic rings. The van der Waals surface area contributed by atoms with Gasteiger partial charge in [-0.1, -0.05) is 82.0 Å². The van der Waals surface area contributed by atoms with Crippen molar-refractivity contribution in [3.63, 3.8) is 0 Å². The lowest BCUT2D eigenvalue weighted by Gasteiger charge is -2.38. The first kappa shape index (κ1) is 16.3. The summed E-state index contributed by atoms with van der Waals surface area (Å²) in [5.74, 6) is 0. The van der Waals surface area contributed by atoms with Crippen LogP contribution in [0.2, 0.25) is 0 Å². The van der Waals surface area contributed by atoms with Crippen LogP contribution < -0.4 is 0 Å². The minimum absolute atomic E-state index is 0.209. The summed E-state index contributed by atoms with van der Waals surface area (Å²) in [5.41, 5.74) is 3.13. The summed E-state index contributed by atoms with van der Waals surface area (Å²) in [7, 11) is 0. The Labute approximate surface area is 131 Å². The zero-order chi connectivity index (χ0) is 15.1. The number of hydrogen-bond donors (Lipinski definition) is 0. The summed E-state index contributed by atoms with van der Waals surface area (Å²) in [6, 6.07) is 11.1. The van der Waals surface area contributed by atoms with Gasteiger partial charge in [-0.05, 0) is 31.5 Å². The first-order chi connectivity index (χ1) is 10.2. The van der Waals surface area contributed by atoms with Crippen LogP contribution in [-0.4, -0.2) is 24.5 Å². The Morgan fingerprint density at radius 2 is 1.57 bits per heavy atom. The molecule has 1 aromatic rings. The highest BCUT2D eigenvalue weighted by Crippen LogP contribution is 2.43. The van der Waals surface area contributed by atoms with E-state index in [1.54, 1.807) is 0 Å².